The molecule has 7 aromatic carbocycles. The van der Waals surface area contributed by atoms with Crippen molar-refractivity contribution in [2.45, 2.75) is 66.2 Å². The molecule has 0 heterocycles. The summed E-state index contributed by atoms with van der Waals surface area (Å²) in [5, 5.41) is 9.57. The van der Waals surface area contributed by atoms with Crippen LogP contribution in [0.2, 0.25) is 0 Å². The van der Waals surface area contributed by atoms with Gasteiger partial charge in [-0.05, 0) is 168 Å². The molecule has 0 unspecified atom stereocenters. The number of rotatable bonds is 6. The van der Waals surface area contributed by atoms with Crippen molar-refractivity contribution < 1.29 is 0 Å². The van der Waals surface area contributed by atoms with Crippen molar-refractivity contribution in [2.24, 2.45) is 0 Å². The Morgan fingerprint density at radius 3 is 1.19 bits per heavy atom. The van der Waals surface area contributed by atoms with Crippen LogP contribution >= 0.6 is 0 Å². The maximum absolute atomic E-state index is 9.57. The van der Waals surface area contributed by atoms with Crippen molar-refractivity contribution in [1.82, 2.24) is 0 Å². The molecule has 0 N–H and O–H groups in total. The third-order valence-electron chi connectivity index (χ3n) is 12.8. The molecule has 4 nitrogen and oxygen atoms in total. The maximum atomic E-state index is 9.57. The number of fused-ring (bicyclic) bond motifs is 7. The number of hydrogen-bond donors (Lipinski definition) is 0. The third kappa shape index (κ3) is 5.55. The number of hydrogen-bond acceptors (Lipinski definition) is 3. The second-order valence-corrected chi connectivity index (χ2v) is 17.1. The molecule has 0 spiro atoms. The molecule has 0 aromatic heterocycles. The van der Waals surface area contributed by atoms with Gasteiger partial charge in [-0.25, -0.2) is 4.85 Å². The van der Waals surface area contributed by atoms with E-state index >= 15 is 0 Å². The molecule has 282 valence electrons. The van der Waals surface area contributed by atoms with E-state index in [2.05, 4.69) is 173 Å². The molecular formula is C54H46N4. The van der Waals surface area contributed by atoms with Gasteiger partial charge in [0.05, 0.1) is 18.2 Å². The number of anilines is 6. The van der Waals surface area contributed by atoms with Crippen molar-refractivity contribution >= 4 is 39.8 Å². The predicted octanol–water partition coefficient (Wildman–Crippen LogP) is 14.9. The van der Waals surface area contributed by atoms with E-state index in [1.165, 1.54) is 66.8 Å². The summed E-state index contributed by atoms with van der Waals surface area (Å²) in [5.74, 6) is 0. The lowest BCUT2D eigenvalue weighted by molar-refractivity contribution is 0.600. The van der Waals surface area contributed by atoms with Crippen LogP contribution in [-0.4, -0.2) is 0 Å². The molecule has 0 saturated carbocycles. The van der Waals surface area contributed by atoms with E-state index in [-0.39, 0.29) is 10.8 Å². The summed E-state index contributed by atoms with van der Waals surface area (Å²) >= 11 is 0. The zero-order valence-corrected chi connectivity index (χ0v) is 34.5. The smallest absolute Gasteiger partial charge is 0.187 e. The summed E-state index contributed by atoms with van der Waals surface area (Å²) in [6, 6.07) is 49.5. The van der Waals surface area contributed by atoms with Gasteiger partial charge >= 0.3 is 0 Å². The third-order valence-corrected chi connectivity index (χ3v) is 12.8. The standard InChI is InChI=1S/C54H46N4/c1-33-10-18-39(19-11-33)57(41-22-14-37(32-55)15-23-41)43-26-28-45-47(30-43)53(5,6)51-49(45)35(3)36(4)50-46-29-27-44(31-48(46)54(7,8)52(50)51)58(40-20-12-34(2)13-21-40)42-24-16-38(56-9)17-25-42/h10-31H,1-8H3. The Morgan fingerprint density at radius 1 is 0.483 bits per heavy atom. The molecule has 0 fully saturated rings. The van der Waals surface area contributed by atoms with Gasteiger partial charge in [-0.1, -0.05) is 87.4 Å². The number of benzene rings is 7. The topological polar surface area (TPSA) is 34.6 Å². The molecule has 2 aliphatic rings. The zero-order valence-electron chi connectivity index (χ0n) is 34.5. The van der Waals surface area contributed by atoms with Crippen LogP contribution in [0.1, 0.15) is 77.8 Å². The highest BCUT2D eigenvalue weighted by Gasteiger charge is 2.48. The van der Waals surface area contributed by atoms with Crippen LogP contribution in [0.25, 0.3) is 27.1 Å². The van der Waals surface area contributed by atoms with E-state index in [4.69, 9.17) is 6.57 Å². The first-order valence-corrected chi connectivity index (χ1v) is 20.0. The number of aryl methyl sites for hydroxylation is 2. The Bertz CT molecular complexity index is 2660. The van der Waals surface area contributed by atoms with Gasteiger partial charge in [-0.15, -0.1) is 0 Å². The largest absolute Gasteiger partial charge is 0.311 e. The van der Waals surface area contributed by atoms with Gasteiger partial charge in [-0.2, -0.15) is 5.26 Å². The fourth-order valence-electron chi connectivity index (χ4n) is 9.65. The molecule has 0 atom stereocenters. The minimum atomic E-state index is -0.284. The van der Waals surface area contributed by atoms with Crippen LogP contribution in [0, 0.1) is 45.6 Å². The number of nitriles is 1. The van der Waals surface area contributed by atoms with Crippen LogP contribution in [0.15, 0.2) is 133 Å². The molecule has 0 aliphatic heterocycles. The molecule has 0 amide bonds. The Kier molecular flexibility index (Phi) is 8.47. The first-order valence-electron chi connectivity index (χ1n) is 20.0. The monoisotopic (exact) mass is 750 g/mol. The summed E-state index contributed by atoms with van der Waals surface area (Å²) in [6.07, 6.45) is 0. The summed E-state index contributed by atoms with van der Waals surface area (Å²) in [4.78, 5) is 8.27. The highest BCUT2D eigenvalue weighted by molar-refractivity contribution is 5.97. The average Bonchev–Trinajstić information content (AvgIpc) is 3.60. The lowest BCUT2D eigenvalue weighted by atomic mass is 9.71. The van der Waals surface area contributed by atoms with Gasteiger partial charge in [0.1, 0.15) is 0 Å². The molecule has 4 heteroatoms. The van der Waals surface area contributed by atoms with Crippen LogP contribution in [0.4, 0.5) is 39.8 Å². The van der Waals surface area contributed by atoms with Crippen molar-refractivity contribution in [2.75, 3.05) is 9.80 Å². The summed E-state index contributed by atoms with van der Waals surface area (Å²) in [6.45, 7) is 26.0. The van der Waals surface area contributed by atoms with E-state index in [1.807, 2.05) is 36.4 Å². The first-order chi connectivity index (χ1) is 27.8. The fourth-order valence-corrected chi connectivity index (χ4v) is 9.65. The second kappa shape index (κ2) is 13.4. The fraction of sp³-hybridized carbons (Fsp3) is 0.185. The molecule has 2 aliphatic carbocycles. The van der Waals surface area contributed by atoms with Crippen LogP contribution in [0.3, 0.4) is 0 Å². The van der Waals surface area contributed by atoms with Crippen LogP contribution in [0.5, 0.6) is 0 Å². The molecule has 0 radical (unpaired) electrons. The van der Waals surface area contributed by atoms with Crippen LogP contribution < -0.4 is 9.80 Å². The highest BCUT2D eigenvalue weighted by Crippen LogP contribution is 2.62. The first kappa shape index (κ1) is 36.7. The van der Waals surface area contributed by atoms with E-state index in [0.29, 0.717) is 11.3 Å². The van der Waals surface area contributed by atoms with Gasteiger partial charge in [0.2, 0.25) is 0 Å². The number of nitrogens with zero attached hydrogens (tertiary/aromatic N) is 4. The van der Waals surface area contributed by atoms with Crippen LogP contribution in [-0.2, 0) is 10.8 Å². The Labute approximate surface area is 343 Å². The van der Waals surface area contributed by atoms with Gasteiger partial charge in [0, 0.05) is 45.0 Å². The van der Waals surface area contributed by atoms with E-state index < -0.39 is 0 Å². The summed E-state index contributed by atoms with van der Waals surface area (Å²) in [5.41, 5.74) is 23.0. The van der Waals surface area contributed by atoms with Crippen molar-refractivity contribution in [3.8, 4) is 28.3 Å². The zero-order chi connectivity index (χ0) is 40.7. The SMILES string of the molecule is [C-]#[N+]c1ccc(N(c2ccc(C)cc2)c2ccc3c(c2)C(C)(C)c2c-3c(C)c(C)c3c2C(C)(C)c2cc(N(c4ccc(C)cc4)c4ccc(C#N)cc4)ccc2-3)cc1. The molecule has 58 heavy (non-hydrogen) atoms. The van der Waals surface area contributed by atoms with Gasteiger partial charge in [0.25, 0.3) is 0 Å². The lowest BCUT2D eigenvalue weighted by Crippen LogP contribution is -2.25. The van der Waals surface area contributed by atoms with E-state index in [1.54, 1.807) is 0 Å². The normalized spacial score (nSPS) is 13.8. The van der Waals surface area contributed by atoms with Gasteiger partial charge < -0.3 is 9.80 Å². The molecule has 9 rings (SSSR count). The summed E-state index contributed by atoms with van der Waals surface area (Å²) in [7, 11) is 0. The van der Waals surface area contributed by atoms with Crippen molar-refractivity contribution in [3.05, 3.63) is 195 Å². The predicted molar refractivity (Wildman–Crippen MR) is 241 cm³/mol. The minimum Gasteiger partial charge on any atom is -0.311 e. The molecular weight excluding hydrogens is 705 g/mol. The molecule has 0 saturated heterocycles. The van der Waals surface area contributed by atoms with E-state index in [9.17, 15) is 5.26 Å². The Morgan fingerprint density at radius 2 is 0.828 bits per heavy atom. The Hall–Kier alpha value is -6.88. The highest BCUT2D eigenvalue weighted by atomic mass is 15.1. The average molecular weight is 751 g/mol. The molecule has 0 bridgehead atoms. The summed E-state index contributed by atoms with van der Waals surface area (Å²) < 4.78 is 0. The molecule has 7 aromatic rings. The van der Waals surface area contributed by atoms with Crippen molar-refractivity contribution in [3.63, 3.8) is 0 Å². The van der Waals surface area contributed by atoms with Gasteiger partial charge in [0.15, 0.2) is 5.69 Å². The Balaban J connectivity index is 1.19. The minimum absolute atomic E-state index is 0.283. The van der Waals surface area contributed by atoms with E-state index in [0.717, 1.165) is 34.1 Å². The van der Waals surface area contributed by atoms with Gasteiger partial charge in [-0.3, -0.25) is 0 Å². The van der Waals surface area contributed by atoms with Crippen molar-refractivity contribution in [1.29, 1.82) is 5.26 Å². The quantitative estimate of drug-likeness (QED) is 0.159. The lowest BCUT2D eigenvalue weighted by Gasteiger charge is -2.33. The maximum Gasteiger partial charge on any atom is 0.187 e. The second-order valence-electron chi connectivity index (χ2n) is 17.1.